The lowest BCUT2D eigenvalue weighted by atomic mass is 9.89. The standard InChI is InChI=1S/C25H22N4O4S2/c1-15-5-10-20-21(13-26)25(35-22(20)11-15)28-23(30)14-34-19-4-2-3-17(12-19)27-24(31)16-6-8-18(9-7-16)29(32)33/h2-4,6-9,12,15H,5,10-11,14H2,1H3,(H,27,31)(H,28,30). The maximum atomic E-state index is 12.6. The Bertz CT molecular complexity index is 1330. The molecule has 2 N–H and O–H groups in total. The summed E-state index contributed by atoms with van der Waals surface area (Å²) in [5.74, 6) is 0.155. The van der Waals surface area contributed by atoms with Gasteiger partial charge in [0, 0.05) is 33.2 Å². The van der Waals surface area contributed by atoms with Crippen molar-refractivity contribution in [3.63, 3.8) is 0 Å². The minimum Gasteiger partial charge on any atom is -0.322 e. The van der Waals surface area contributed by atoms with Gasteiger partial charge in [0.25, 0.3) is 11.6 Å². The van der Waals surface area contributed by atoms with E-state index in [0.717, 1.165) is 29.7 Å². The number of anilines is 2. The number of hydrogen-bond donors (Lipinski definition) is 2. The van der Waals surface area contributed by atoms with Crippen molar-refractivity contribution in [2.75, 3.05) is 16.4 Å². The molecule has 2 aromatic carbocycles. The third-order valence-corrected chi connectivity index (χ3v) is 7.84. The number of thioether (sulfide) groups is 1. The van der Waals surface area contributed by atoms with E-state index in [1.165, 1.54) is 52.2 Å². The number of non-ortho nitro benzene ring substituents is 1. The van der Waals surface area contributed by atoms with Crippen molar-refractivity contribution in [3.05, 3.63) is 80.2 Å². The van der Waals surface area contributed by atoms with Crippen LogP contribution in [0.2, 0.25) is 0 Å². The van der Waals surface area contributed by atoms with Gasteiger partial charge in [-0.15, -0.1) is 23.1 Å². The molecule has 1 heterocycles. The number of nitro benzene ring substituents is 1. The summed E-state index contributed by atoms with van der Waals surface area (Å²) in [6.45, 7) is 2.20. The fraction of sp³-hybridized carbons (Fsp3) is 0.240. The largest absolute Gasteiger partial charge is 0.322 e. The molecule has 1 atom stereocenters. The van der Waals surface area contributed by atoms with E-state index < -0.39 is 4.92 Å². The van der Waals surface area contributed by atoms with Gasteiger partial charge in [-0.05, 0) is 61.1 Å². The van der Waals surface area contributed by atoms with Crippen LogP contribution in [-0.2, 0) is 17.6 Å². The Morgan fingerprint density at radius 3 is 2.71 bits per heavy atom. The van der Waals surface area contributed by atoms with Crippen LogP contribution in [0.1, 0.15) is 39.7 Å². The van der Waals surface area contributed by atoms with Crippen LogP contribution >= 0.6 is 23.1 Å². The molecule has 8 nitrogen and oxygen atoms in total. The van der Waals surface area contributed by atoms with E-state index in [-0.39, 0.29) is 23.3 Å². The summed E-state index contributed by atoms with van der Waals surface area (Å²) in [5, 5.41) is 26.7. The molecule has 0 aliphatic heterocycles. The first kappa shape index (κ1) is 24.4. The number of benzene rings is 2. The molecule has 0 fully saturated rings. The number of fused-ring (bicyclic) bond motifs is 1. The van der Waals surface area contributed by atoms with Crippen LogP contribution < -0.4 is 10.6 Å². The number of thiophene rings is 1. The van der Waals surface area contributed by atoms with Gasteiger partial charge in [0.2, 0.25) is 5.91 Å². The van der Waals surface area contributed by atoms with Crippen LogP contribution in [0.5, 0.6) is 0 Å². The van der Waals surface area contributed by atoms with Gasteiger partial charge in [0.1, 0.15) is 11.1 Å². The van der Waals surface area contributed by atoms with Crippen molar-refractivity contribution < 1.29 is 14.5 Å². The second kappa shape index (κ2) is 10.7. The fourth-order valence-electron chi connectivity index (χ4n) is 3.87. The summed E-state index contributed by atoms with van der Waals surface area (Å²) < 4.78 is 0. The van der Waals surface area contributed by atoms with Gasteiger partial charge in [0.15, 0.2) is 0 Å². The van der Waals surface area contributed by atoms with Crippen molar-refractivity contribution in [3.8, 4) is 6.07 Å². The molecule has 1 aliphatic carbocycles. The Kier molecular flexibility index (Phi) is 7.48. The molecule has 3 aromatic rings. The first-order chi connectivity index (χ1) is 16.8. The normalized spacial score (nSPS) is 14.5. The van der Waals surface area contributed by atoms with E-state index in [1.807, 2.05) is 6.07 Å². The van der Waals surface area contributed by atoms with Gasteiger partial charge in [-0.1, -0.05) is 13.0 Å². The first-order valence-electron chi connectivity index (χ1n) is 11.0. The predicted octanol–water partition coefficient (Wildman–Crippen LogP) is 5.64. The highest BCUT2D eigenvalue weighted by atomic mass is 32.2. The van der Waals surface area contributed by atoms with Gasteiger partial charge in [-0.25, -0.2) is 0 Å². The minimum atomic E-state index is -0.521. The second-order valence-corrected chi connectivity index (χ2v) is 10.4. The number of nitriles is 1. The minimum absolute atomic E-state index is 0.0857. The molecular weight excluding hydrogens is 484 g/mol. The zero-order valence-corrected chi connectivity index (χ0v) is 20.5. The Balaban J connectivity index is 1.35. The lowest BCUT2D eigenvalue weighted by Gasteiger charge is -2.17. The molecule has 2 amide bonds. The molecular formula is C25H22N4O4S2. The summed E-state index contributed by atoms with van der Waals surface area (Å²) in [7, 11) is 0. The smallest absolute Gasteiger partial charge is 0.269 e. The molecule has 0 radical (unpaired) electrons. The lowest BCUT2D eigenvalue weighted by molar-refractivity contribution is -0.384. The Hall–Kier alpha value is -3.68. The van der Waals surface area contributed by atoms with Crippen molar-refractivity contribution in [2.45, 2.75) is 31.1 Å². The van der Waals surface area contributed by atoms with Gasteiger partial charge in [-0.2, -0.15) is 5.26 Å². The van der Waals surface area contributed by atoms with Crippen molar-refractivity contribution in [1.82, 2.24) is 0 Å². The molecule has 35 heavy (non-hydrogen) atoms. The molecule has 1 aromatic heterocycles. The van der Waals surface area contributed by atoms with E-state index in [4.69, 9.17) is 0 Å². The van der Waals surface area contributed by atoms with Crippen molar-refractivity contribution in [1.29, 1.82) is 5.26 Å². The van der Waals surface area contributed by atoms with E-state index in [9.17, 15) is 25.0 Å². The topological polar surface area (TPSA) is 125 Å². The van der Waals surface area contributed by atoms with Gasteiger partial charge in [0.05, 0.1) is 16.2 Å². The number of nitrogens with zero attached hydrogens (tertiary/aromatic N) is 2. The summed E-state index contributed by atoms with van der Waals surface area (Å²) >= 11 is 2.82. The predicted molar refractivity (Wildman–Crippen MR) is 137 cm³/mol. The summed E-state index contributed by atoms with van der Waals surface area (Å²) in [5.41, 5.74) is 2.43. The highest BCUT2D eigenvalue weighted by molar-refractivity contribution is 8.00. The average Bonchev–Trinajstić information content (AvgIpc) is 3.18. The summed E-state index contributed by atoms with van der Waals surface area (Å²) in [6.07, 6.45) is 2.87. The Morgan fingerprint density at radius 1 is 1.23 bits per heavy atom. The lowest BCUT2D eigenvalue weighted by Crippen LogP contribution is -2.14. The van der Waals surface area contributed by atoms with Gasteiger partial charge < -0.3 is 10.6 Å². The number of nitrogens with one attached hydrogen (secondary N) is 2. The number of nitro groups is 1. The number of amides is 2. The van der Waals surface area contributed by atoms with Crippen molar-refractivity contribution >= 4 is 51.3 Å². The van der Waals surface area contributed by atoms with Crippen LogP contribution in [0.4, 0.5) is 16.4 Å². The summed E-state index contributed by atoms with van der Waals surface area (Å²) in [4.78, 5) is 37.3. The third-order valence-electron chi connectivity index (χ3n) is 5.68. The molecule has 178 valence electrons. The number of hydrogen-bond acceptors (Lipinski definition) is 7. The van der Waals surface area contributed by atoms with Crippen LogP contribution in [0.25, 0.3) is 0 Å². The SMILES string of the molecule is CC1CCc2c(sc(NC(=O)CSc3cccc(NC(=O)c4ccc([N+](=O)[O-])cc4)c3)c2C#N)C1. The molecule has 0 saturated heterocycles. The zero-order valence-electron chi connectivity index (χ0n) is 18.9. The van der Waals surface area contributed by atoms with E-state index in [0.29, 0.717) is 27.7 Å². The first-order valence-corrected chi connectivity index (χ1v) is 12.8. The maximum Gasteiger partial charge on any atom is 0.269 e. The van der Waals surface area contributed by atoms with E-state index >= 15 is 0 Å². The Morgan fingerprint density at radius 2 is 2.00 bits per heavy atom. The molecule has 10 heteroatoms. The van der Waals surface area contributed by atoms with Gasteiger partial charge in [-0.3, -0.25) is 19.7 Å². The molecule has 1 aliphatic rings. The molecule has 0 spiro atoms. The van der Waals surface area contributed by atoms with Crippen LogP contribution in [-0.4, -0.2) is 22.5 Å². The maximum absolute atomic E-state index is 12.6. The highest BCUT2D eigenvalue weighted by Gasteiger charge is 2.24. The number of carbonyl (C=O) groups excluding carboxylic acids is 2. The molecule has 4 rings (SSSR count). The number of rotatable bonds is 7. The monoisotopic (exact) mass is 506 g/mol. The van der Waals surface area contributed by atoms with E-state index in [2.05, 4.69) is 23.6 Å². The summed E-state index contributed by atoms with van der Waals surface area (Å²) in [6, 6.07) is 14.7. The van der Waals surface area contributed by atoms with Gasteiger partial charge >= 0.3 is 0 Å². The second-order valence-electron chi connectivity index (χ2n) is 8.29. The van der Waals surface area contributed by atoms with Crippen molar-refractivity contribution in [2.24, 2.45) is 5.92 Å². The molecule has 0 saturated carbocycles. The highest BCUT2D eigenvalue weighted by Crippen LogP contribution is 2.39. The fourth-order valence-corrected chi connectivity index (χ4v) is 6.00. The molecule has 0 bridgehead atoms. The van der Waals surface area contributed by atoms with E-state index in [1.54, 1.807) is 18.2 Å². The molecule has 1 unspecified atom stereocenters. The third kappa shape index (κ3) is 5.88. The zero-order chi connectivity index (χ0) is 24.9. The average molecular weight is 507 g/mol. The van der Waals surface area contributed by atoms with Crippen LogP contribution in [0, 0.1) is 27.4 Å². The van der Waals surface area contributed by atoms with Crippen LogP contribution in [0.15, 0.2) is 53.4 Å². The van der Waals surface area contributed by atoms with Crippen LogP contribution in [0.3, 0.4) is 0 Å². The number of carbonyl (C=O) groups is 2. The quantitative estimate of drug-likeness (QED) is 0.243. The Labute approximate surface area is 210 Å².